The van der Waals surface area contributed by atoms with Crippen LogP contribution < -0.4 is 29.6 Å². The standard InChI is InChI=1S/C9H13NO2.Na.H/c1-8(11)12-9(7-10)5-3-2-4-6-9;;/h2-6H2,1H3;;/q;+1;-1. The molecule has 0 saturated heterocycles. The van der Waals surface area contributed by atoms with Crippen LogP contribution in [0.25, 0.3) is 0 Å². The minimum atomic E-state index is -0.802. The van der Waals surface area contributed by atoms with Gasteiger partial charge in [-0.15, -0.1) is 0 Å². The fourth-order valence-corrected chi connectivity index (χ4v) is 1.63. The summed E-state index contributed by atoms with van der Waals surface area (Å²) in [6.45, 7) is 1.35. The number of hydrogen-bond acceptors (Lipinski definition) is 3. The molecule has 0 aromatic carbocycles. The first kappa shape index (κ1) is 13.0. The molecule has 13 heavy (non-hydrogen) atoms. The first-order chi connectivity index (χ1) is 5.68. The van der Waals surface area contributed by atoms with E-state index in [9.17, 15) is 4.79 Å². The summed E-state index contributed by atoms with van der Waals surface area (Å²) in [5.74, 6) is -0.349. The summed E-state index contributed by atoms with van der Waals surface area (Å²) in [7, 11) is 0. The molecule has 0 spiro atoms. The molecule has 1 aliphatic carbocycles. The number of hydrogen-bond donors (Lipinski definition) is 0. The summed E-state index contributed by atoms with van der Waals surface area (Å²) in [6.07, 6.45) is 4.51. The third-order valence-electron chi connectivity index (χ3n) is 2.20. The quantitative estimate of drug-likeness (QED) is 0.390. The van der Waals surface area contributed by atoms with Gasteiger partial charge in [0.05, 0.1) is 0 Å². The fourth-order valence-electron chi connectivity index (χ4n) is 1.63. The van der Waals surface area contributed by atoms with E-state index in [2.05, 4.69) is 6.07 Å². The molecule has 3 nitrogen and oxygen atoms in total. The molecule has 0 radical (unpaired) electrons. The molecule has 1 rings (SSSR count). The van der Waals surface area contributed by atoms with E-state index in [4.69, 9.17) is 10.00 Å². The van der Waals surface area contributed by atoms with E-state index >= 15 is 0 Å². The molecule has 1 aliphatic rings. The third-order valence-corrected chi connectivity index (χ3v) is 2.20. The number of esters is 1. The van der Waals surface area contributed by atoms with Crippen LogP contribution in [0.3, 0.4) is 0 Å². The minimum absolute atomic E-state index is 0. The molecule has 68 valence electrons. The normalized spacial score (nSPS) is 19.4. The summed E-state index contributed by atoms with van der Waals surface area (Å²) in [6, 6.07) is 2.11. The van der Waals surface area contributed by atoms with Crippen molar-refractivity contribution >= 4 is 5.97 Å². The average molecular weight is 191 g/mol. The zero-order valence-electron chi connectivity index (χ0n) is 9.30. The molecule has 0 unspecified atom stereocenters. The van der Waals surface area contributed by atoms with E-state index in [0.29, 0.717) is 12.8 Å². The van der Waals surface area contributed by atoms with Gasteiger partial charge in [0.25, 0.3) is 0 Å². The van der Waals surface area contributed by atoms with Gasteiger partial charge in [-0.05, 0) is 12.8 Å². The van der Waals surface area contributed by atoms with Crippen LogP contribution >= 0.6 is 0 Å². The van der Waals surface area contributed by atoms with Crippen LogP contribution in [0.5, 0.6) is 0 Å². The second kappa shape index (κ2) is 5.64. The Morgan fingerprint density at radius 2 is 2.00 bits per heavy atom. The zero-order valence-corrected chi connectivity index (χ0v) is 10.3. The molecule has 0 heterocycles. The molecular formula is C9H14NNaO2. The maximum Gasteiger partial charge on any atom is 1.00 e. The molecular weight excluding hydrogens is 177 g/mol. The molecule has 0 aromatic heterocycles. The molecule has 0 atom stereocenters. The Labute approximate surface area is 102 Å². The zero-order chi connectivity index (χ0) is 9.03. The van der Waals surface area contributed by atoms with Crippen molar-refractivity contribution in [3.63, 3.8) is 0 Å². The Morgan fingerprint density at radius 3 is 2.38 bits per heavy atom. The average Bonchev–Trinajstić information content (AvgIpc) is 2.05. The maximum absolute atomic E-state index is 10.7. The summed E-state index contributed by atoms with van der Waals surface area (Å²) < 4.78 is 5.03. The second-order valence-electron chi connectivity index (χ2n) is 3.26. The van der Waals surface area contributed by atoms with E-state index < -0.39 is 5.60 Å². The van der Waals surface area contributed by atoms with Gasteiger partial charge in [0.15, 0.2) is 5.60 Å². The molecule has 1 fully saturated rings. The molecule has 0 bridgehead atoms. The van der Waals surface area contributed by atoms with E-state index in [-0.39, 0.29) is 37.0 Å². The van der Waals surface area contributed by atoms with Crippen LogP contribution in [-0.2, 0) is 9.53 Å². The summed E-state index contributed by atoms with van der Waals surface area (Å²) in [5, 5.41) is 8.86. The number of carbonyl (C=O) groups is 1. The van der Waals surface area contributed by atoms with Gasteiger partial charge in [-0.1, -0.05) is 6.42 Å². The van der Waals surface area contributed by atoms with Crippen molar-refractivity contribution in [2.75, 3.05) is 0 Å². The maximum atomic E-state index is 10.7. The van der Waals surface area contributed by atoms with Gasteiger partial charge in [0.1, 0.15) is 6.07 Å². The van der Waals surface area contributed by atoms with Gasteiger partial charge in [-0.2, -0.15) is 5.26 Å². The number of carbonyl (C=O) groups excluding carboxylic acids is 1. The van der Waals surface area contributed by atoms with Gasteiger partial charge >= 0.3 is 35.5 Å². The van der Waals surface area contributed by atoms with Crippen LogP contribution in [0.15, 0.2) is 0 Å². The fraction of sp³-hybridized carbons (Fsp3) is 0.778. The van der Waals surface area contributed by atoms with Crippen molar-refractivity contribution in [3.8, 4) is 6.07 Å². The Bertz CT molecular complexity index is 221. The smallest absolute Gasteiger partial charge is 1.00 e. The van der Waals surface area contributed by atoms with Crippen LogP contribution in [0.1, 0.15) is 40.5 Å². The van der Waals surface area contributed by atoms with Gasteiger partial charge in [0, 0.05) is 19.8 Å². The van der Waals surface area contributed by atoms with Crippen molar-refractivity contribution < 1.29 is 40.5 Å². The van der Waals surface area contributed by atoms with Crippen LogP contribution in [0, 0.1) is 11.3 Å². The Morgan fingerprint density at radius 1 is 1.46 bits per heavy atom. The topological polar surface area (TPSA) is 50.1 Å². The summed E-state index contributed by atoms with van der Waals surface area (Å²) >= 11 is 0. The summed E-state index contributed by atoms with van der Waals surface area (Å²) in [5.41, 5.74) is -0.802. The first-order valence-electron chi connectivity index (χ1n) is 4.29. The van der Waals surface area contributed by atoms with Crippen molar-refractivity contribution in [2.45, 2.75) is 44.6 Å². The van der Waals surface area contributed by atoms with E-state index in [1.54, 1.807) is 0 Å². The monoisotopic (exact) mass is 191 g/mol. The van der Waals surface area contributed by atoms with E-state index in [1.165, 1.54) is 6.92 Å². The summed E-state index contributed by atoms with van der Waals surface area (Å²) in [4.78, 5) is 10.7. The largest absolute Gasteiger partial charge is 1.00 e. The Balaban J connectivity index is 0. The number of ether oxygens (including phenoxy) is 1. The van der Waals surface area contributed by atoms with E-state index in [0.717, 1.165) is 19.3 Å². The molecule has 1 saturated carbocycles. The van der Waals surface area contributed by atoms with Crippen LogP contribution in [-0.4, -0.2) is 11.6 Å². The molecule has 0 amide bonds. The molecule has 0 N–H and O–H groups in total. The second-order valence-corrected chi connectivity index (χ2v) is 3.26. The van der Waals surface area contributed by atoms with Crippen molar-refractivity contribution in [3.05, 3.63) is 0 Å². The first-order valence-corrected chi connectivity index (χ1v) is 4.29. The van der Waals surface area contributed by atoms with E-state index in [1.807, 2.05) is 0 Å². The van der Waals surface area contributed by atoms with Crippen molar-refractivity contribution in [1.82, 2.24) is 0 Å². The van der Waals surface area contributed by atoms with Gasteiger partial charge in [-0.3, -0.25) is 4.79 Å². The van der Waals surface area contributed by atoms with Crippen LogP contribution in [0.2, 0.25) is 0 Å². The Kier molecular flexibility index (Phi) is 5.62. The number of rotatable bonds is 1. The third kappa shape index (κ3) is 3.68. The van der Waals surface area contributed by atoms with Gasteiger partial charge < -0.3 is 6.16 Å². The van der Waals surface area contributed by atoms with Crippen molar-refractivity contribution in [2.24, 2.45) is 0 Å². The van der Waals surface area contributed by atoms with Crippen molar-refractivity contribution in [1.29, 1.82) is 5.26 Å². The van der Waals surface area contributed by atoms with Gasteiger partial charge in [0.2, 0.25) is 0 Å². The number of nitrogens with zero attached hydrogens (tertiary/aromatic N) is 1. The predicted molar refractivity (Wildman–Crippen MR) is 44.3 cm³/mol. The predicted octanol–water partition coefficient (Wildman–Crippen LogP) is -1.11. The molecule has 4 heteroatoms. The SMILES string of the molecule is CC(=O)OC1(C#N)CCCCC1.[H-].[Na+]. The van der Waals surface area contributed by atoms with Gasteiger partial charge in [-0.25, -0.2) is 0 Å². The van der Waals surface area contributed by atoms with Crippen LogP contribution in [0.4, 0.5) is 0 Å². The molecule has 0 aromatic rings. The minimum Gasteiger partial charge on any atom is -1.00 e. The molecule has 0 aliphatic heterocycles. The Hall–Kier alpha value is -0.0400. The number of nitriles is 1.